The summed E-state index contributed by atoms with van der Waals surface area (Å²) in [6.45, 7) is 3.75. The van der Waals surface area contributed by atoms with E-state index in [-0.39, 0.29) is 11.3 Å². The van der Waals surface area contributed by atoms with Crippen LogP contribution in [0.5, 0.6) is 5.75 Å². The smallest absolute Gasteiger partial charge is 0.340 e. The lowest BCUT2D eigenvalue weighted by Crippen LogP contribution is -2.66. The fraction of sp³-hybridized carbons (Fsp3) is 0.214. The molecule has 1 aliphatic rings. The van der Waals surface area contributed by atoms with Crippen molar-refractivity contribution >= 4 is 29.8 Å². The van der Waals surface area contributed by atoms with Crippen LogP contribution in [0.4, 0.5) is 14.9 Å². The van der Waals surface area contributed by atoms with Crippen LogP contribution in [-0.4, -0.2) is 61.3 Å². The maximum atomic E-state index is 14.6. The molecule has 38 heavy (non-hydrogen) atoms. The minimum Gasteiger partial charge on any atom is -0.496 e. The van der Waals surface area contributed by atoms with Crippen molar-refractivity contribution in [3.05, 3.63) is 71.0 Å². The number of urea groups is 1. The molecule has 196 valence electrons. The Kier molecular flexibility index (Phi) is 7.27. The Morgan fingerprint density at radius 3 is 2.32 bits per heavy atom. The van der Waals surface area contributed by atoms with Crippen molar-refractivity contribution in [3.8, 4) is 28.0 Å². The average molecular weight is 519 g/mol. The molecule has 3 aromatic rings. The van der Waals surface area contributed by atoms with Gasteiger partial charge in [0.15, 0.2) is 12.3 Å². The first-order chi connectivity index (χ1) is 18.1. The van der Waals surface area contributed by atoms with E-state index < -0.39 is 29.7 Å². The molecular weight excluding hydrogens is 491 g/mol. The molecule has 10 heteroatoms. The number of carbonyl (C=O) groups is 4. The van der Waals surface area contributed by atoms with Gasteiger partial charge in [0.2, 0.25) is 0 Å². The highest BCUT2D eigenvalue weighted by Crippen LogP contribution is 2.37. The molecule has 0 bridgehead atoms. The lowest BCUT2D eigenvalue weighted by atomic mass is 9.90. The number of aldehydes is 1. The molecule has 1 aliphatic heterocycles. The van der Waals surface area contributed by atoms with Crippen molar-refractivity contribution in [2.75, 3.05) is 26.5 Å². The molecule has 0 aromatic heterocycles. The minimum absolute atomic E-state index is 0.142. The lowest BCUT2D eigenvalue weighted by Gasteiger charge is -2.34. The van der Waals surface area contributed by atoms with Gasteiger partial charge in [-0.25, -0.2) is 14.6 Å². The summed E-state index contributed by atoms with van der Waals surface area (Å²) in [4.78, 5) is 49.6. The number of hydrazine groups is 1. The number of carbonyl (C=O) groups excluding carboxylic acids is 4. The second-order valence-electron chi connectivity index (χ2n) is 8.94. The highest BCUT2D eigenvalue weighted by atomic mass is 19.1. The van der Waals surface area contributed by atoms with Crippen LogP contribution in [-0.2, 0) is 9.59 Å². The molecule has 1 saturated heterocycles. The van der Waals surface area contributed by atoms with Crippen LogP contribution in [0.2, 0.25) is 0 Å². The molecule has 0 spiro atoms. The van der Waals surface area contributed by atoms with Crippen LogP contribution in [0, 0.1) is 19.7 Å². The molecule has 1 heterocycles. The van der Waals surface area contributed by atoms with E-state index >= 15 is 0 Å². The van der Waals surface area contributed by atoms with Gasteiger partial charge in [-0.1, -0.05) is 30.3 Å². The second kappa shape index (κ2) is 10.4. The molecule has 1 atom stereocenters. The van der Waals surface area contributed by atoms with Crippen LogP contribution in [0.15, 0.2) is 48.5 Å². The van der Waals surface area contributed by atoms with Crippen LogP contribution in [0.3, 0.4) is 0 Å². The number of rotatable bonds is 6. The number of nitrogens with zero attached hydrogens (tertiary/aromatic N) is 2. The summed E-state index contributed by atoms with van der Waals surface area (Å²) in [5, 5.41) is 3.88. The maximum absolute atomic E-state index is 14.6. The Morgan fingerprint density at radius 1 is 1.03 bits per heavy atom. The number of ether oxygens (including phenoxy) is 1. The Hall–Kier alpha value is -4.57. The largest absolute Gasteiger partial charge is 0.496 e. The number of halogens is 1. The van der Waals surface area contributed by atoms with E-state index in [1.807, 2.05) is 38.1 Å². The molecule has 4 rings (SSSR count). The highest BCUT2D eigenvalue weighted by Gasteiger charge is 2.39. The number of amides is 4. The zero-order chi connectivity index (χ0) is 27.7. The number of likely N-dealkylation sites (N-methyl/N-ethyl adjacent to an activating group) is 1. The Bertz CT molecular complexity index is 1470. The number of hydrogen-bond acceptors (Lipinski definition) is 6. The van der Waals surface area contributed by atoms with E-state index in [9.17, 15) is 23.6 Å². The fourth-order valence-corrected chi connectivity index (χ4v) is 4.53. The minimum atomic E-state index is -1.27. The number of benzene rings is 3. The predicted molar refractivity (Wildman–Crippen MR) is 140 cm³/mol. The first-order valence-electron chi connectivity index (χ1n) is 11.7. The van der Waals surface area contributed by atoms with E-state index in [4.69, 9.17) is 4.74 Å². The predicted octanol–water partition coefficient (Wildman–Crippen LogP) is 3.93. The summed E-state index contributed by atoms with van der Waals surface area (Å²) >= 11 is 0. The summed E-state index contributed by atoms with van der Waals surface area (Å²) in [6, 6.07) is 12.1. The fourth-order valence-electron chi connectivity index (χ4n) is 4.53. The van der Waals surface area contributed by atoms with Crippen molar-refractivity contribution in [3.63, 3.8) is 0 Å². The summed E-state index contributed by atoms with van der Waals surface area (Å²) in [7, 11) is 4.13. The number of imide groups is 1. The molecule has 2 N–H and O–H groups in total. The number of anilines is 1. The van der Waals surface area contributed by atoms with Gasteiger partial charge < -0.3 is 10.1 Å². The van der Waals surface area contributed by atoms with Gasteiger partial charge in [0.05, 0.1) is 12.7 Å². The third-order valence-corrected chi connectivity index (χ3v) is 6.69. The van der Waals surface area contributed by atoms with Crippen molar-refractivity contribution in [2.24, 2.45) is 0 Å². The first kappa shape index (κ1) is 26.5. The molecule has 1 unspecified atom stereocenters. The quantitative estimate of drug-likeness (QED) is 0.378. The molecule has 3 aromatic carbocycles. The van der Waals surface area contributed by atoms with Gasteiger partial charge >= 0.3 is 6.03 Å². The monoisotopic (exact) mass is 518 g/mol. The van der Waals surface area contributed by atoms with Crippen LogP contribution >= 0.6 is 0 Å². The Morgan fingerprint density at radius 2 is 1.66 bits per heavy atom. The van der Waals surface area contributed by atoms with Gasteiger partial charge in [-0.15, -0.1) is 0 Å². The van der Waals surface area contributed by atoms with Gasteiger partial charge in [-0.2, -0.15) is 0 Å². The lowest BCUT2D eigenvalue weighted by molar-refractivity contribution is -0.139. The molecule has 0 saturated carbocycles. The number of nitrogens with one attached hydrogen (secondary N) is 2. The molecule has 0 aliphatic carbocycles. The van der Waals surface area contributed by atoms with E-state index in [0.29, 0.717) is 17.5 Å². The number of hydrogen-bond donors (Lipinski definition) is 2. The van der Waals surface area contributed by atoms with Gasteiger partial charge in [-0.05, 0) is 65.4 Å². The number of methoxy groups -OCH3 is 1. The van der Waals surface area contributed by atoms with E-state index in [2.05, 4.69) is 10.7 Å². The average Bonchev–Trinajstić information content (AvgIpc) is 2.90. The van der Waals surface area contributed by atoms with Crippen LogP contribution in [0.25, 0.3) is 22.3 Å². The molecule has 9 nitrogen and oxygen atoms in total. The standard InChI is InChI=1S/C28H27FN4O5/c1-15-18(17-12-22(29)21(14-34)24(13-17)38-5)8-6-9-19(15)20-10-7-11-23(16(20)2)30-26(35)25-27(36)32(3)28(37)33(4)31-25/h6-14,25,31H,1-5H3,(H,30,35). The zero-order valence-electron chi connectivity index (χ0n) is 21.6. The van der Waals surface area contributed by atoms with Crippen molar-refractivity contribution in [1.82, 2.24) is 15.3 Å². The summed E-state index contributed by atoms with van der Waals surface area (Å²) in [5.41, 5.74) is 7.55. The summed E-state index contributed by atoms with van der Waals surface area (Å²) in [5.74, 6) is -1.80. The van der Waals surface area contributed by atoms with Gasteiger partial charge in [0.25, 0.3) is 11.8 Å². The third kappa shape index (κ3) is 4.61. The van der Waals surface area contributed by atoms with Gasteiger partial charge in [-0.3, -0.25) is 24.3 Å². The molecule has 0 radical (unpaired) electrons. The van der Waals surface area contributed by atoms with Crippen LogP contribution in [0.1, 0.15) is 21.5 Å². The Labute approximate surface area is 219 Å². The normalized spacial score (nSPS) is 15.5. The van der Waals surface area contributed by atoms with E-state index in [1.165, 1.54) is 27.3 Å². The SMILES string of the molecule is COc1cc(-c2cccc(-c3cccc(NC(=O)C4NN(C)C(=O)N(C)C4=O)c3C)c2C)cc(F)c1C=O. The first-order valence-corrected chi connectivity index (χ1v) is 11.7. The summed E-state index contributed by atoms with van der Waals surface area (Å²) in [6.07, 6.45) is 0.425. The molecular formula is C28H27FN4O5. The summed E-state index contributed by atoms with van der Waals surface area (Å²) < 4.78 is 19.8. The van der Waals surface area contributed by atoms with Crippen molar-refractivity contribution < 1.29 is 28.3 Å². The molecule has 4 amide bonds. The van der Waals surface area contributed by atoms with Gasteiger partial charge in [0, 0.05) is 19.8 Å². The van der Waals surface area contributed by atoms with Crippen molar-refractivity contribution in [1.29, 1.82) is 0 Å². The maximum Gasteiger partial charge on any atom is 0.340 e. The second-order valence-corrected chi connectivity index (χ2v) is 8.94. The third-order valence-electron chi connectivity index (χ3n) is 6.69. The van der Waals surface area contributed by atoms with Crippen molar-refractivity contribution in [2.45, 2.75) is 19.9 Å². The molecule has 1 fully saturated rings. The van der Waals surface area contributed by atoms with E-state index in [1.54, 1.807) is 18.2 Å². The highest BCUT2D eigenvalue weighted by molar-refractivity contribution is 6.15. The van der Waals surface area contributed by atoms with E-state index in [0.717, 1.165) is 37.7 Å². The van der Waals surface area contributed by atoms with Gasteiger partial charge in [0.1, 0.15) is 11.6 Å². The zero-order valence-corrected chi connectivity index (χ0v) is 21.6. The topological polar surface area (TPSA) is 108 Å². The van der Waals surface area contributed by atoms with Crippen LogP contribution < -0.4 is 15.5 Å². The Balaban J connectivity index is 1.69.